The number of aryl methyl sites for hydroxylation is 1. The number of nitrogens with zero attached hydrogens (tertiary/aromatic N) is 1. The lowest BCUT2D eigenvalue weighted by atomic mass is 9.95. The molecule has 5 heteroatoms. The van der Waals surface area contributed by atoms with Crippen LogP contribution < -0.4 is 5.32 Å². The molecule has 0 saturated carbocycles. The van der Waals surface area contributed by atoms with Gasteiger partial charge in [0.15, 0.2) is 0 Å². The van der Waals surface area contributed by atoms with Crippen LogP contribution in [0.1, 0.15) is 58.6 Å². The Morgan fingerprint density at radius 3 is 2.42 bits per heavy atom. The van der Waals surface area contributed by atoms with Gasteiger partial charge < -0.3 is 5.32 Å². The number of thiophene rings is 1. The highest BCUT2D eigenvalue weighted by atomic mass is 32.2. The molecule has 1 aromatic heterocycles. The molecular formula is C26H30N2OS2. The summed E-state index contributed by atoms with van der Waals surface area (Å²) in [6, 6.07) is 20.9. The normalized spacial score (nSPS) is 15.5. The minimum Gasteiger partial charge on any atom is -0.313 e. The number of hydrogen-bond acceptors (Lipinski definition) is 4. The molecule has 2 heterocycles. The van der Waals surface area contributed by atoms with Crippen LogP contribution in [0, 0.1) is 0 Å². The molecule has 2 aromatic carbocycles. The van der Waals surface area contributed by atoms with E-state index in [9.17, 15) is 4.79 Å². The van der Waals surface area contributed by atoms with Crippen LogP contribution in [0.25, 0.3) is 0 Å². The lowest BCUT2D eigenvalue weighted by molar-refractivity contribution is 0.102. The second-order valence-electron chi connectivity index (χ2n) is 7.94. The van der Waals surface area contributed by atoms with Gasteiger partial charge in [0.25, 0.3) is 5.91 Å². The third-order valence-electron chi connectivity index (χ3n) is 5.91. The molecule has 162 valence electrons. The Balaban J connectivity index is 1.72. The number of nitrogens with one attached hydrogen (secondary N) is 1. The zero-order valence-electron chi connectivity index (χ0n) is 18.3. The van der Waals surface area contributed by atoms with Crippen molar-refractivity contribution in [2.24, 2.45) is 0 Å². The number of rotatable bonds is 7. The Bertz CT molecular complexity index is 992. The lowest BCUT2D eigenvalue weighted by Crippen LogP contribution is -2.34. The third kappa shape index (κ3) is 5.22. The van der Waals surface area contributed by atoms with Gasteiger partial charge in [-0.05, 0) is 74.5 Å². The summed E-state index contributed by atoms with van der Waals surface area (Å²) in [5.41, 5.74) is 3.22. The quantitative estimate of drug-likeness (QED) is 0.399. The highest BCUT2D eigenvalue weighted by Crippen LogP contribution is 2.41. The third-order valence-corrected chi connectivity index (χ3v) is 7.86. The second kappa shape index (κ2) is 10.5. The Hall–Kier alpha value is -2.08. The summed E-state index contributed by atoms with van der Waals surface area (Å²) < 4.78 is 0. The van der Waals surface area contributed by atoms with E-state index in [1.54, 1.807) is 23.1 Å². The number of benzene rings is 2. The van der Waals surface area contributed by atoms with Gasteiger partial charge in [-0.3, -0.25) is 9.69 Å². The minimum absolute atomic E-state index is 0.0403. The van der Waals surface area contributed by atoms with E-state index >= 15 is 0 Å². The predicted molar refractivity (Wildman–Crippen MR) is 134 cm³/mol. The first-order valence-corrected chi connectivity index (χ1v) is 13.1. The molecule has 1 amide bonds. The van der Waals surface area contributed by atoms with Crippen LogP contribution in [0.4, 0.5) is 5.00 Å². The van der Waals surface area contributed by atoms with Crippen molar-refractivity contribution in [3.63, 3.8) is 0 Å². The number of amides is 1. The van der Waals surface area contributed by atoms with E-state index < -0.39 is 0 Å². The summed E-state index contributed by atoms with van der Waals surface area (Å²) in [7, 11) is 0. The van der Waals surface area contributed by atoms with Crippen molar-refractivity contribution in [3.05, 3.63) is 82.2 Å². The largest absolute Gasteiger partial charge is 0.313 e. The summed E-state index contributed by atoms with van der Waals surface area (Å²) in [5.74, 6) is -0.0403. The van der Waals surface area contributed by atoms with Gasteiger partial charge in [-0.15, -0.1) is 23.1 Å². The molecule has 1 aliphatic rings. The van der Waals surface area contributed by atoms with Gasteiger partial charge in [0.05, 0.1) is 6.04 Å². The molecule has 0 aliphatic carbocycles. The van der Waals surface area contributed by atoms with E-state index in [2.05, 4.69) is 53.7 Å². The smallest absolute Gasteiger partial charge is 0.256 e. The molecule has 3 nitrogen and oxygen atoms in total. The van der Waals surface area contributed by atoms with E-state index in [1.807, 2.05) is 30.3 Å². The number of likely N-dealkylation sites (tertiary alicyclic amines) is 1. The van der Waals surface area contributed by atoms with Crippen molar-refractivity contribution in [3.8, 4) is 0 Å². The van der Waals surface area contributed by atoms with Crippen LogP contribution in [0.5, 0.6) is 0 Å². The topological polar surface area (TPSA) is 32.3 Å². The summed E-state index contributed by atoms with van der Waals surface area (Å²) in [6.45, 7) is 4.37. The van der Waals surface area contributed by atoms with Crippen molar-refractivity contribution in [1.29, 1.82) is 0 Å². The SMILES string of the molecule is CCc1cc([C@H](c2ccc(SC)cc2)N2CCCCC2)c(NC(=O)c2ccccc2)s1. The number of hydrogen-bond donors (Lipinski definition) is 1. The fourth-order valence-electron chi connectivity index (χ4n) is 4.25. The Morgan fingerprint density at radius 1 is 1.06 bits per heavy atom. The van der Waals surface area contributed by atoms with Crippen LogP contribution in [0.3, 0.4) is 0 Å². The van der Waals surface area contributed by atoms with Gasteiger partial charge in [-0.1, -0.05) is 43.7 Å². The number of thioether (sulfide) groups is 1. The Morgan fingerprint density at radius 2 is 1.77 bits per heavy atom. The molecule has 31 heavy (non-hydrogen) atoms. The summed E-state index contributed by atoms with van der Waals surface area (Å²) in [4.78, 5) is 18.1. The van der Waals surface area contributed by atoms with Crippen molar-refractivity contribution >= 4 is 34.0 Å². The van der Waals surface area contributed by atoms with Crippen LogP contribution in [0.2, 0.25) is 0 Å². The van der Waals surface area contributed by atoms with E-state index in [1.165, 1.54) is 40.2 Å². The van der Waals surface area contributed by atoms with Crippen molar-refractivity contribution in [2.45, 2.75) is 43.5 Å². The van der Waals surface area contributed by atoms with Crippen LogP contribution in [-0.4, -0.2) is 30.2 Å². The number of carbonyl (C=O) groups is 1. The van der Waals surface area contributed by atoms with Gasteiger partial charge in [0, 0.05) is 20.9 Å². The highest BCUT2D eigenvalue weighted by Gasteiger charge is 2.28. The van der Waals surface area contributed by atoms with Gasteiger partial charge in [0.2, 0.25) is 0 Å². The predicted octanol–water partition coefficient (Wildman–Crippen LogP) is 6.86. The van der Waals surface area contributed by atoms with E-state index in [-0.39, 0.29) is 11.9 Å². The summed E-state index contributed by atoms with van der Waals surface area (Å²) in [6.07, 6.45) is 6.85. The molecule has 0 bridgehead atoms. The summed E-state index contributed by atoms with van der Waals surface area (Å²) in [5, 5.41) is 4.22. The number of anilines is 1. The van der Waals surface area contributed by atoms with Crippen molar-refractivity contribution < 1.29 is 4.79 Å². The van der Waals surface area contributed by atoms with Gasteiger partial charge in [-0.2, -0.15) is 0 Å². The fourth-order valence-corrected chi connectivity index (χ4v) is 5.68. The molecule has 0 radical (unpaired) electrons. The number of carbonyl (C=O) groups excluding carboxylic acids is 1. The van der Waals surface area contributed by atoms with Crippen molar-refractivity contribution in [1.82, 2.24) is 4.90 Å². The minimum atomic E-state index is -0.0403. The number of piperidine rings is 1. The second-order valence-corrected chi connectivity index (χ2v) is 9.96. The molecule has 0 spiro atoms. The van der Waals surface area contributed by atoms with Crippen LogP contribution in [0.15, 0.2) is 65.6 Å². The average Bonchev–Trinajstić information content (AvgIpc) is 3.23. The monoisotopic (exact) mass is 450 g/mol. The first kappa shape index (κ1) is 22.1. The maximum atomic E-state index is 13.0. The molecule has 1 aliphatic heterocycles. The fraction of sp³-hybridized carbons (Fsp3) is 0.346. The van der Waals surface area contributed by atoms with Gasteiger partial charge >= 0.3 is 0 Å². The van der Waals surface area contributed by atoms with Gasteiger partial charge in [-0.25, -0.2) is 0 Å². The van der Waals surface area contributed by atoms with Crippen LogP contribution >= 0.6 is 23.1 Å². The van der Waals surface area contributed by atoms with Crippen molar-refractivity contribution in [2.75, 3.05) is 24.7 Å². The molecule has 1 fully saturated rings. The first-order valence-electron chi connectivity index (χ1n) is 11.1. The molecule has 1 atom stereocenters. The van der Waals surface area contributed by atoms with Gasteiger partial charge in [0.1, 0.15) is 5.00 Å². The maximum Gasteiger partial charge on any atom is 0.256 e. The highest BCUT2D eigenvalue weighted by molar-refractivity contribution is 7.98. The Kier molecular flexibility index (Phi) is 7.49. The maximum absolute atomic E-state index is 13.0. The Labute approximate surface area is 193 Å². The first-order chi connectivity index (χ1) is 15.2. The van der Waals surface area contributed by atoms with E-state index in [0.717, 1.165) is 24.5 Å². The molecule has 3 aromatic rings. The van der Waals surface area contributed by atoms with E-state index in [4.69, 9.17) is 0 Å². The van der Waals surface area contributed by atoms with Crippen LogP contribution in [-0.2, 0) is 6.42 Å². The zero-order valence-corrected chi connectivity index (χ0v) is 19.9. The molecule has 1 N–H and O–H groups in total. The average molecular weight is 451 g/mol. The molecular weight excluding hydrogens is 420 g/mol. The molecule has 1 saturated heterocycles. The zero-order chi connectivity index (χ0) is 21.6. The molecule has 4 rings (SSSR count). The van der Waals surface area contributed by atoms with E-state index in [0.29, 0.717) is 5.56 Å². The molecule has 0 unspecified atom stereocenters. The summed E-state index contributed by atoms with van der Waals surface area (Å²) >= 11 is 3.48. The lowest BCUT2D eigenvalue weighted by Gasteiger charge is -2.35. The standard InChI is InChI=1S/C26H30N2OS2/c1-3-21-18-23(26(31-21)27-25(29)20-10-6-4-7-11-20)24(28-16-8-5-9-17-28)19-12-14-22(30-2)15-13-19/h4,6-7,10-15,18,24H,3,5,8-9,16-17H2,1-2H3,(H,27,29)/t24-/m0/s1.